The molecule has 1 atom stereocenters. The van der Waals surface area contributed by atoms with Gasteiger partial charge in [-0.2, -0.15) is 4.98 Å². The van der Waals surface area contributed by atoms with Crippen LogP contribution in [0.3, 0.4) is 0 Å². The van der Waals surface area contributed by atoms with E-state index in [4.69, 9.17) is 4.74 Å². The summed E-state index contributed by atoms with van der Waals surface area (Å²) >= 11 is 0. The van der Waals surface area contributed by atoms with Crippen molar-refractivity contribution in [2.45, 2.75) is 26.3 Å². The summed E-state index contributed by atoms with van der Waals surface area (Å²) in [5.41, 5.74) is 1.26. The quantitative estimate of drug-likeness (QED) is 0.716. The van der Waals surface area contributed by atoms with E-state index in [2.05, 4.69) is 39.0 Å². The second kappa shape index (κ2) is 7.19. The molecule has 0 saturated carbocycles. The van der Waals surface area contributed by atoms with Gasteiger partial charge in [-0.15, -0.1) is 5.10 Å². The van der Waals surface area contributed by atoms with E-state index in [1.165, 1.54) is 18.4 Å². The third kappa shape index (κ3) is 3.96. The second-order valence-electron chi connectivity index (χ2n) is 6.76. The van der Waals surface area contributed by atoms with Crippen molar-refractivity contribution >= 4 is 5.78 Å². The first-order valence-corrected chi connectivity index (χ1v) is 8.84. The molecule has 4 rings (SSSR count). The molecular weight excluding hydrogens is 314 g/mol. The first kappa shape index (κ1) is 16.0. The molecule has 0 amide bonds. The Morgan fingerprint density at radius 1 is 1.24 bits per heavy atom. The molecule has 1 aliphatic rings. The predicted molar refractivity (Wildman–Crippen MR) is 95.5 cm³/mol. The maximum Gasteiger partial charge on any atom is 0.252 e. The summed E-state index contributed by atoms with van der Waals surface area (Å²) < 4.78 is 7.71. The highest BCUT2D eigenvalue weighted by Gasteiger charge is 2.22. The van der Waals surface area contributed by atoms with Crippen molar-refractivity contribution in [3.05, 3.63) is 54.1 Å². The van der Waals surface area contributed by atoms with Crippen LogP contribution in [0.5, 0.6) is 5.75 Å². The highest BCUT2D eigenvalue weighted by atomic mass is 16.5. The van der Waals surface area contributed by atoms with Gasteiger partial charge in [-0.25, -0.2) is 9.50 Å². The number of hydrogen-bond donors (Lipinski definition) is 0. The molecular formula is C19H23N5O. The fraction of sp³-hybridized carbons (Fsp3) is 0.421. The van der Waals surface area contributed by atoms with Crippen LogP contribution in [0.2, 0.25) is 0 Å². The van der Waals surface area contributed by atoms with Gasteiger partial charge in [0.15, 0.2) is 5.82 Å². The SMILES string of the molecule is Cc1ccc(OC[C@@H]2CCCN(Cc3nc4ncccn4n3)C2)cc1. The number of likely N-dealkylation sites (tertiary alicyclic amines) is 1. The zero-order valence-corrected chi connectivity index (χ0v) is 14.5. The Hall–Kier alpha value is -2.47. The molecule has 0 bridgehead atoms. The summed E-state index contributed by atoms with van der Waals surface area (Å²) in [6.45, 7) is 5.73. The largest absolute Gasteiger partial charge is 0.493 e. The van der Waals surface area contributed by atoms with E-state index in [9.17, 15) is 0 Å². The summed E-state index contributed by atoms with van der Waals surface area (Å²) in [5, 5.41) is 4.50. The minimum Gasteiger partial charge on any atom is -0.493 e. The average Bonchev–Trinajstić information content (AvgIpc) is 3.04. The molecule has 6 nitrogen and oxygen atoms in total. The van der Waals surface area contributed by atoms with Gasteiger partial charge in [-0.3, -0.25) is 4.90 Å². The Morgan fingerprint density at radius 2 is 2.12 bits per heavy atom. The van der Waals surface area contributed by atoms with Gasteiger partial charge in [0, 0.05) is 24.9 Å². The van der Waals surface area contributed by atoms with Crippen LogP contribution in [0.15, 0.2) is 42.7 Å². The predicted octanol–water partition coefficient (Wildman–Crippen LogP) is 2.72. The first-order chi connectivity index (χ1) is 12.3. The van der Waals surface area contributed by atoms with E-state index in [0.717, 1.165) is 37.8 Å². The standard InChI is InChI=1S/C19H23N5O/c1-15-5-7-17(8-6-15)25-14-16-4-2-10-23(12-16)13-18-21-19-20-9-3-11-24(19)22-18/h3,5-9,11,16H,2,4,10,12-14H2,1H3/t16-/m1/s1. The van der Waals surface area contributed by atoms with Gasteiger partial charge in [-0.05, 0) is 44.5 Å². The number of ether oxygens (including phenoxy) is 1. The van der Waals surface area contributed by atoms with Crippen LogP contribution in [0.1, 0.15) is 24.2 Å². The van der Waals surface area contributed by atoms with E-state index in [1.54, 1.807) is 10.7 Å². The average molecular weight is 337 g/mol. The molecule has 0 unspecified atom stereocenters. The molecule has 130 valence electrons. The molecule has 0 radical (unpaired) electrons. The van der Waals surface area contributed by atoms with Crippen molar-refractivity contribution in [3.8, 4) is 5.75 Å². The number of nitrogens with zero attached hydrogens (tertiary/aromatic N) is 5. The highest BCUT2D eigenvalue weighted by Crippen LogP contribution is 2.20. The van der Waals surface area contributed by atoms with Crippen molar-refractivity contribution < 1.29 is 4.74 Å². The van der Waals surface area contributed by atoms with Gasteiger partial charge in [0.2, 0.25) is 0 Å². The number of fused-ring (bicyclic) bond motifs is 1. The van der Waals surface area contributed by atoms with Crippen LogP contribution in [0, 0.1) is 12.8 Å². The van der Waals surface area contributed by atoms with Crippen LogP contribution < -0.4 is 4.74 Å². The van der Waals surface area contributed by atoms with E-state index in [1.807, 2.05) is 24.4 Å². The molecule has 6 heteroatoms. The van der Waals surface area contributed by atoms with Crippen molar-refractivity contribution in [1.82, 2.24) is 24.5 Å². The zero-order chi connectivity index (χ0) is 17.1. The van der Waals surface area contributed by atoms with Crippen molar-refractivity contribution in [2.24, 2.45) is 5.92 Å². The lowest BCUT2D eigenvalue weighted by Crippen LogP contribution is -2.37. The third-order valence-corrected chi connectivity index (χ3v) is 4.64. The van der Waals surface area contributed by atoms with Crippen LogP contribution in [0.25, 0.3) is 5.78 Å². The lowest BCUT2D eigenvalue weighted by molar-refractivity contribution is 0.123. The number of benzene rings is 1. The van der Waals surface area contributed by atoms with Crippen molar-refractivity contribution in [1.29, 1.82) is 0 Å². The summed E-state index contributed by atoms with van der Waals surface area (Å²) in [6.07, 6.45) is 6.02. The molecule has 1 aromatic carbocycles. The summed E-state index contributed by atoms with van der Waals surface area (Å²) in [7, 11) is 0. The molecule has 0 aliphatic carbocycles. The summed E-state index contributed by atoms with van der Waals surface area (Å²) in [6, 6.07) is 10.1. The van der Waals surface area contributed by atoms with Gasteiger partial charge >= 0.3 is 0 Å². The van der Waals surface area contributed by atoms with Crippen LogP contribution in [-0.4, -0.2) is 44.2 Å². The molecule has 0 spiro atoms. The van der Waals surface area contributed by atoms with E-state index in [-0.39, 0.29) is 0 Å². The van der Waals surface area contributed by atoms with Gasteiger partial charge < -0.3 is 4.74 Å². The second-order valence-corrected chi connectivity index (χ2v) is 6.76. The molecule has 2 aromatic heterocycles. The van der Waals surface area contributed by atoms with E-state index >= 15 is 0 Å². The molecule has 0 N–H and O–H groups in total. The van der Waals surface area contributed by atoms with Crippen LogP contribution >= 0.6 is 0 Å². The Kier molecular flexibility index (Phi) is 4.61. The lowest BCUT2D eigenvalue weighted by Gasteiger charge is -2.31. The minimum atomic E-state index is 0.546. The molecule has 3 aromatic rings. The molecule has 25 heavy (non-hydrogen) atoms. The normalized spacial score (nSPS) is 18.5. The number of hydrogen-bond acceptors (Lipinski definition) is 5. The van der Waals surface area contributed by atoms with Gasteiger partial charge in [0.1, 0.15) is 5.75 Å². The Balaban J connectivity index is 1.33. The summed E-state index contributed by atoms with van der Waals surface area (Å²) in [5.74, 6) is 2.99. The Bertz CT molecular complexity index is 796. The monoisotopic (exact) mass is 337 g/mol. The number of aryl methyl sites for hydroxylation is 1. The number of rotatable bonds is 5. The zero-order valence-electron chi connectivity index (χ0n) is 14.5. The fourth-order valence-corrected chi connectivity index (χ4v) is 3.32. The summed E-state index contributed by atoms with van der Waals surface area (Å²) in [4.78, 5) is 11.1. The van der Waals surface area contributed by atoms with Crippen molar-refractivity contribution in [3.63, 3.8) is 0 Å². The number of piperidine rings is 1. The molecule has 1 saturated heterocycles. The molecule has 1 aliphatic heterocycles. The van der Waals surface area contributed by atoms with Crippen LogP contribution in [-0.2, 0) is 6.54 Å². The molecule has 1 fully saturated rings. The van der Waals surface area contributed by atoms with Gasteiger partial charge in [0.05, 0.1) is 13.2 Å². The Labute approximate surface area is 147 Å². The fourth-order valence-electron chi connectivity index (χ4n) is 3.32. The lowest BCUT2D eigenvalue weighted by atomic mass is 9.99. The first-order valence-electron chi connectivity index (χ1n) is 8.84. The maximum absolute atomic E-state index is 5.98. The van der Waals surface area contributed by atoms with Gasteiger partial charge in [0.25, 0.3) is 5.78 Å². The van der Waals surface area contributed by atoms with Crippen molar-refractivity contribution in [2.75, 3.05) is 19.7 Å². The highest BCUT2D eigenvalue weighted by molar-refractivity contribution is 5.26. The molecule has 3 heterocycles. The maximum atomic E-state index is 5.98. The Morgan fingerprint density at radius 3 is 2.96 bits per heavy atom. The smallest absolute Gasteiger partial charge is 0.252 e. The minimum absolute atomic E-state index is 0.546. The van der Waals surface area contributed by atoms with Crippen LogP contribution in [0.4, 0.5) is 0 Å². The van der Waals surface area contributed by atoms with E-state index < -0.39 is 0 Å². The van der Waals surface area contributed by atoms with E-state index in [0.29, 0.717) is 11.7 Å². The van der Waals surface area contributed by atoms with Gasteiger partial charge in [-0.1, -0.05) is 17.7 Å². The third-order valence-electron chi connectivity index (χ3n) is 4.64. The number of aromatic nitrogens is 4. The topological polar surface area (TPSA) is 55.5 Å².